The van der Waals surface area contributed by atoms with Gasteiger partial charge in [0.1, 0.15) is 0 Å². The maximum Gasteiger partial charge on any atom is 0.316 e. The van der Waals surface area contributed by atoms with E-state index in [9.17, 15) is 4.79 Å². The third-order valence-electron chi connectivity index (χ3n) is 3.70. The van der Waals surface area contributed by atoms with Gasteiger partial charge in [-0.1, -0.05) is 0 Å². The number of amides is 1. The fraction of sp³-hybridized carbons (Fsp3) is 0.643. The number of carbonyl (C=O) groups is 1. The molecule has 0 spiro atoms. The Kier molecular flexibility index (Phi) is 4.89. The number of likely N-dealkylation sites (N-methyl/N-ethyl adjacent to an activating group) is 1. The Morgan fingerprint density at radius 1 is 1.50 bits per heavy atom. The second-order valence-electron chi connectivity index (χ2n) is 5.19. The zero-order valence-corrected chi connectivity index (χ0v) is 12.3. The summed E-state index contributed by atoms with van der Waals surface area (Å²) in [5, 5.41) is 2.96. The second kappa shape index (κ2) is 6.65. The van der Waals surface area contributed by atoms with Crippen molar-refractivity contribution < 1.29 is 9.53 Å². The highest BCUT2D eigenvalue weighted by Gasteiger charge is 2.25. The smallest absolute Gasteiger partial charge is 0.316 e. The van der Waals surface area contributed by atoms with Gasteiger partial charge in [0.05, 0.1) is 13.2 Å². The van der Waals surface area contributed by atoms with Crippen molar-refractivity contribution in [2.24, 2.45) is 0 Å². The van der Waals surface area contributed by atoms with Crippen molar-refractivity contribution in [2.45, 2.75) is 38.8 Å². The lowest BCUT2D eigenvalue weighted by Gasteiger charge is -2.25. The second-order valence-corrected chi connectivity index (χ2v) is 5.19. The lowest BCUT2D eigenvalue weighted by molar-refractivity contribution is -0.125. The normalized spacial score (nSPS) is 19.6. The van der Waals surface area contributed by atoms with E-state index in [-0.39, 0.29) is 11.9 Å². The first-order valence-corrected chi connectivity index (χ1v) is 6.96. The van der Waals surface area contributed by atoms with E-state index in [1.807, 2.05) is 14.0 Å². The van der Waals surface area contributed by atoms with Gasteiger partial charge in [0.2, 0.25) is 5.91 Å². The molecule has 1 N–H and O–H groups in total. The molecule has 1 aliphatic heterocycles. The lowest BCUT2D eigenvalue weighted by Crippen LogP contribution is -2.43. The van der Waals surface area contributed by atoms with Crippen LogP contribution in [0.25, 0.3) is 0 Å². The Hall–Kier alpha value is -1.69. The van der Waals surface area contributed by atoms with Crippen LogP contribution in [0.2, 0.25) is 0 Å². The summed E-state index contributed by atoms with van der Waals surface area (Å²) in [6, 6.07) is 0.306. The van der Waals surface area contributed by atoms with Crippen LogP contribution in [0.1, 0.15) is 30.5 Å². The van der Waals surface area contributed by atoms with Crippen molar-refractivity contribution in [1.29, 1.82) is 0 Å². The topological polar surface area (TPSA) is 67.3 Å². The summed E-state index contributed by atoms with van der Waals surface area (Å²) in [6.07, 6.45) is 4.80. The lowest BCUT2D eigenvalue weighted by atomic mass is 10.1. The molecule has 1 aliphatic rings. The first kappa shape index (κ1) is 14.7. The first-order chi connectivity index (χ1) is 9.61. The summed E-state index contributed by atoms with van der Waals surface area (Å²) in [5.74, 6) is 0.122. The molecule has 1 saturated heterocycles. The highest BCUT2D eigenvalue weighted by Crippen LogP contribution is 2.16. The van der Waals surface area contributed by atoms with Gasteiger partial charge in [-0.05, 0) is 33.2 Å². The average molecular weight is 278 g/mol. The van der Waals surface area contributed by atoms with E-state index in [0.29, 0.717) is 12.6 Å². The van der Waals surface area contributed by atoms with Crippen LogP contribution in [0.3, 0.4) is 0 Å². The van der Waals surface area contributed by atoms with E-state index >= 15 is 0 Å². The Balaban J connectivity index is 2.06. The molecule has 0 bridgehead atoms. The minimum Gasteiger partial charge on any atom is -0.467 e. The minimum absolute atomic E-state index is 0.0704. The fourth-order valence-electron chi connectivity index (χ4n) is 2.45. The molecule has 2 heterocycles. The minimum atomic E-state index is -0.0704. The van der Waals surface area contributed by atoms with Gasteiger partial charge >= 0.3 is 6.01 Å². The van der Waals surface area contributed by atoms with Crippen LogP contribution in [-0.4, -0.2) is 47.5 Å². The molecule has 1 unspecified atom stereocenters. The molecular formula is C14H22N4O2. The molecule has 110 valence electrons. The number of carbonyl (C=O) groups excluding carboxylic acids is 1. The molecular weight excluding hydrogens is 256 g/mol. The van der Waals surface area contributed by atoms with Crippen molar-refractivity contribution in [2.75, 3.05) is 20.7 Å². The number of methoxy groups -OCH3 is 1. The number of nitrogens with zero attached hydrogens (tertiary/aromatic N) is 3. The number of aryl methyl sites for hydroxylation is 1. The van der Waals surface area contributed by atoms with Gasteiger partial charge in [-0.2, -0.15) is 0 Å². The van der Waals surface area contributed by atoms with Crippen LogP contribution in [0, 0.1) is 6.92 Å². The molecule has 1 atom stereocenters. The number of ether oxygens (including phenoxy) is 1. The number of hydrogen-bond donors (Lipinski definition) is 1. The molecule has 1 fully saturated rings. The summed E-state index contributed by atoms with van der Waals surface area (Å²) < 4.78 is 5.00. The average Bonchev–Trinajstić information content (AvgIpc) is 2.65. The van der Waals surface area contributed by atoms with Crippen LogP contribution in [0.15, 0.2) is 6.20 Å². The van der Waals surface area contributed by atoms with Crippen LogP contribution in [0.4, 0.5) is 0 Å². The summed E-state index contributed by atoms with van der Waals surface area (Å²) in [7, 11) is 3.52. The molecule has 0 aliphatic carbocycles. The Labute approximate surface area is 119 Å². The van der Waals surface area contributed by atoms with Crippen LogP contribution < -0.4 is 10.1 Å². The van der Waals surface area contributed by atoms with Gasteiger partial charge in [0.15, 0.2) is 0 Å². The number of nitrogens with one attached hydrogen (secondary N) is 1. The van der Waals surface area contributed by atoms with Crippen molar-refractivity contribution in [3.63, 3.8) is 0 Å². The van der Waals surface area contributed by atoms with E-state index in [4.69, 9.17) is 4.74 Å². The van der Waals surface area contributed by atoms with Gasteiger partial charge < -0.3 is 10.1 Å². The van der Waals surface area contributed by atoms with Gasteiger partial charge in [-0.15, -0.1) is 0 Å². The van der Waals surface area contributed by atoms with Crippen LogP contribution in [-0.2, 0) is 11.3 Å². The van der Waals surface area contributed by atoms with Crippen molar-refractivity contribution in [1.82, 2.24) is 20.2 Å². The summed E-state index contributed by atoms with van der Waals surface area (Å²) in [5.41, 5.74) is 1.91. The Morgan fingerprint density at radius 2 is 2.30 bits per heavy atom. The zero-order chi connectivity index (χ0) is 14.5. The molecule has 0 radical (unpaired) electrons. The third-order valence-corrected chi connectivity index (χ3v) is 3.70. The first-order valence-electron chi connectivity index (χ1n) is 6.96. The Morgan fingerprint density at radius 3 is 3.00 bits per heavy atom. The van der Waals surface area contributed by atoms with E-state index in [1.165, 1.54) is 0 Å². The summed E-state index contributed by atoms with van der Waals surface area (Å²) >= 11 is 0. The quantitative estimate of drug-likeness (QED) is 0.886. The maximum atomic E-state index is 12.0. The molecule has 6 nitrogen and oxygen atoms in total. The standard InChI is InChI=1S/C14H22N4O2/c1-10-11(8-16-14(17-10)20-3)9-18(2)12-6-4-5-7-15-13(12)19/h8,12H,4-7,9H2,1-3H3,(H,15,19). The van der Waals surface area contributed by atoms with Crippen LogP contribution >= 0.6 is 0 Å². The molecule has 6 heteroatoms. The van der Waals surface area contributed by atoms with E-state index in [1.54, 1.807) is 13.3 Å². The third kappa shape index (κ3) is 3.45. The predicted octanol–water partition coefficient (Wildman–Crippen LogP) is 0.894. The monoisotopic (exact) mass is 278 g/mol. The van der Waals surface area contributed by atoms with Gasteiger partial charge in [0, 0.05) is 30.5 Å². The maximum absolute atomic E-state index is 12.0. The van der Waals surface area contributed by atoms with Crippen molar-refractivity contribution in [3.05, 3.63) is 17.5 Å². The van der Waals surface area contributed by atoms with Crippen molar-refractivity contribution >= 4 is 5.91 Å². The van der Waals surface area contributed by atoms with E-state index < -0.39 is 0 Å². The SMILES string of the molecule is COc1ncc(CN(C)C2CCCCNC2=O)c(C)n1. The molecule has 1 amide bonds. The summed E-state index contributed by atoms with van der Waals surface area (Å²) in [4.78, 5) is 22.5. The number of hydrogen-bond acceptors (Lipinski definition) is 5. The largest absolute Gasteiger partial charge is 0.467 e. The molecule has 1 aromatic heterocycles. The summed E-state index contributed by atoms with van der Waals surface area (Å²) in [6.45, 7) is 3.38. The van der Waals surface area contributed by atoms with Gasteiger partial charge in [0.25, 0.3) is 0 Å². The van der Waals surface area contributed by atoms with E-state index in [2.05, 4.69) is 20.2 Å². The molecule has 0 saturated carbocycles. The zero-order valence-electron chi connectivity index (χ0n) is 12.3. The van der Waals surface area contributed by atoms with Gasteiger partial charge in [-0.3, -0.25) is 9.69 Å². The fourth-order valence-corrected chi connectivity index (χ4v) is 2.45. The highest BCUT2D eigenvalue weighted by molar-refractivity contribution is 5.81. The Bertz CT molecular complexity index is 478. The van der Waals surface area contributed by atoms with Crippen molar-refractivity contribution in [3.8, 4) is 6.01 Å². The molecule has 1 aromatic rings. The van der Waals surface area contributed by atoms with E-state index in [0.717, 1.165) is 37.1 Å². The number of aromatic nitrogens is 2. The van der Waals surface area contributed by atoms with Crippen LogP contribution in [0.5, 0.6) is 6.01 Å². The van der Waals surface area contributed by atoms with Gasteiger partial charge in [-0.25, -0.2) is 9.97 Å². The predicted molar refractivity (Wildman–Crippen MR) is 75.4 cm³/mol. The molecule has 2 rings (SSSR count). The molecule has 20 heavy (non-hydrogen) atoms. The highest BCUT2D eigenvalue weighted by atomic mass is 16.5. The molecule has 0 aromatic carbocycles. The number of rotatable bonds is 4.